The van der Waals surface area contributed by atoms with Gasteiger partial charge in [0.1, 0.15) is 0 Å². The van der Waals surface area contributed by atoms with Gasteiger partial charge in [0.05, 0.1) is 24.5 Å². The molecule has 1 unspecified atom stereocenters. The van der Waals surface area contributed by atoms with Crippen molar-refractivity contribution in [3.05, 3.63) is 23.0 Å². The van der Waals surface area contributed by atoms with Crippen LogP contribution in [0.1, 0.15) is 41.4 Å². The number of ether oxygens (including phenoxy) is 1. The van der Waals surface area contributed by atoms with Crippen LogP contribution in [-0.4, -0.2) is 52.1 Å². The van der Waals surface area contributed by atoms with Gasteiger partial charge in [-0.3, -0.25) is 9.59 Å². The number of hydrogen-bond donors (Lipinski definition) is 1. The van der Waals surface area contributed by atoms with E-state index in [1.54, 1.807) is 36.6 Å². The number of likely N-dealkylation sites (tertiary alicyclic amines) is 1. The second kappa shape index (κ2) is 7.51. The normalized spacial score (nSPS) is 17.6. The summed E-state index contributed by atoms with van der Waals surface area (Å²) in [7, 11) is 1.74. The van der Waals surface area contributed by atoms with Crippen LogP contribution in [0.5, 0.6) is 0 Å². The second-order valence-corrected chi connectivity index (χ2v) is 6.16. The molecule has 0 aliphatic carbocycles. The molecule has 132 valence electrons. The van der Waals surface area contributed by atoms with Crippen molar-refractivity contribution in [2.24, 2.45) is 13.0 Å². The van der Waals surface area contributed by atoms with E-state index in [0.29, 0.717) is 37.4 Å². The highest BCUT2D eigenvalue weighted by molar-refractivity contribution is 5.93. The van der Waals surface area contributed by atoms with Crippen LogP contribution in [-0.2, 0) is 27.8 Å². The number of carbonyl (C=O) groups excluding carboxylic acids is 2. The van der Waals surface area contributed by atoms with Crippen molar-refractivity contribution in [2.45, 2.75) is 33.1 Å². The molecular formula is C17H24N2O5. The number of hydrogen-bond acceptors (Lipinski definition) is 4. The number of aromatic carboxylic acids is 1. The molecule has 1 aromatic rings. The maximum Gasteiger partial charge on any atom is 0.337 e. The van der Waals surface area contributed by atoms with Crippen molar-refractivity contribution in [3.63, 3.8) is 0 Å². The van der Waals surface area contributed by atoms with E-state index >= 15 is 0 Å². The third kappa shape index (κ3) is 3.77. The molecule has 0 spiro atoms. The van der Waals surface area contributed by atoms with Gasteiger partial charge >= 0.3 is 11.9 Å². The second-order valence-electron chi connectivity index (χ2n) is 6.16. The molecule has 0 saturated carbocycles. The minimum absolute atomic E-state index is 0.0154. The van der Waals surface area contributed by atoms with Crippen molar-refractivity contribution in [1.29, 1.82) is 0 Å². The lowest BCUT2D eigenvalue weighted by molar-refractivity contribution is -0.151. The lowest BCUT2D eigenvalue weighted by Crippen LogP contribution is -2.43. The fraction of sp³-hybridized carbons (Fsp3) is 0.588. The number of aromatic nitrogens is 1. The standard InChI is InChI=1S/C17H24N2O5/c1-4-24-17(23)12-6-5-7-19(10-12)14(20)8-13-15(16(21)22)11(2)9-18(13)3/h9,12H,4-8,10H2,1-3H3,(H,21,22). The first kappa shape index (κ1) is 18.0. The molecular weight excluding hydrogens is 312 g/mol. The van der Waals surface area contributed by atoms with Crippen LogP contribution in [0.15, 0.2) is 6.20 Å². The minimum atomic E-state index is -1.03. The van der Waals surface area contributed by atoms with Gasteiger partial charge in [-0.05, 0) is 32.3 Å². The maximum atomic E-state index is 12.6. The first-order valence-electron chi connectivity index (χ1n) is 8.17. The zero-order valence-electron chi connectivity index (χ0n) is 14.4. The monoisotopic (exact) mass is 336 g/mol. The quantitative estimate of drug-likeness (QED) is 0.821. The lowest BCUT2D eigenvalue weighted by Gasteiger charge is -2.31. The van der Waals surface area contributed by atoms with Crippen LogP contribution >= 0.6 is 0 Å². The summed E-state index contributed by atoms with van der Waals surface area (Å²) in [6.45, 7) is 4.72. The summed E-state index contributed by atoms with van der Waals surface area (Å²) in [6, 6.07) is 0. The molecule has 7 nitrogen and oxygen atoms in total. The largest absolute Gasteiger partial charge is 0.478 e. The number of aryl methyl sites for hydroxylation is 2. The lowest BCUT2D eigenvalue weighted by atomic mass is 9.97. The summed E-state index contributed by atoms with van der Waals surface area (Å²) in [5.74, 6) is -1.75. The van der Waals surface area contributed by atoms with E-state index in [1.165, 1.54) is 0 Å². The molecule has 0 radical (unpaired) electrons. The summed E-state index contributed by atoms with van der Waals surface area (Å²) in [6.07, 6.45) is 3.19. The number of carboxylic acids is 1. The van der Waals surface area contributed by atoms with E-state index in [0.717, 1.165) is 6.42 Å². The Labute approximate surface area is 141 Å². The van der Waals surface area contributed by atoms with Gasteiger partial charge in [0.15, 0.2) is 0 Å². The van der Waals surface area contributed by atoms with E-state index in [1.807, 2.05) is 0 Å². The molecule has 0 bridgehead atoms. The van der Waals surface area contributed by atoms with E-state index in [2.05, 4.69) is 0 Å². The fourth-order valence-electron chi connectivity index (χ4n) is 3.25. The predicted octanol–water partition coefficient (Wildman–Crippen LogP) is 1.38. The summed E-state index contributed by atoms with van der Waals surface area (Å²) in [4.78, 5) is 37.5. The average molecular weight is 336 g/mol. The Kier molecular flexibility index (Phi) is 5.64. The van der Waals surface area contributed by atoms with Gasteiger partial charge in [0, 0.05) is 32.0 Å². The van der Waals surface area contributed by atoms with Crippen molar-refractivity contribution < 1.29 is 24.2 Å². The molecule has 0 aromatic carbocycles. The van der Waals surface area contributed by atoms with Crippen molar-refractivity contribution in [1.82, 2.24) is 9.47 Å². The van der Waals surface area contributed by atoms with Crippen molar-refractivity contribution in [3.8, 4) is 0 Å². The topological polar surface area (TPSA) is 88.8 Å². The third-order valence-corrected chi connectivity index (χ3v) is 4.42. The highest BCUT2D eigenvalue weighted by Gasteiger charge is 2.30. The zero-order valence-corrected chi connectivity index (χ0v) is 14.4. The third-order valence-electron chi connectivity index (χ3n) is 4.42. The van der Waals surface area contributed by atoms with Crippen molar-refractivity contribution in [2.75, 3.05) is 19.7 Å². The van der Waals surface area contributed by atoms with Gasteiger partial charge in [0.25, 0.3) is 0 Å². The minimum Gasteiger partial charge on any atom is -0.478 e. The van der Waals surface area contributed by atoms with E-state index in [-0.39, 0.29) is 29.8 Å². The molecule has 1 atom stereocenters. The van der Waals surface area contributed by atoms with Gasteiger partial charge in [-0.15, -0.1) is 0 Å². The van der Waals surface area contributed by atoms with Crippen LogP contribution in [0.3, 0.4) is 0 Å². The Balaban J connectivity index is 2.10. The maximum absolute atomic E-state index is 12.6. The molecule has 1 fully saturated rings. The molecule has 1 aliphatic heterocycles. The number of piperidine rings is 1. The number of nitrogens with zero attached hydrogens (tertiary/aromatic N) is 2. The molecule has 7 heteroatoms. The summed E-state index contributed by atoms with van der Waals surface area (Å²) >= 11 is 0. The predicted molar refractivity (Wildman–Crippen MR) is 86.8 cm³/mol. The van der Waals surface area contributed by atoms with Crippen LogP contribution in [0, 0.1) is 12.8 Å². The Hall–Kier alpha value is -2.31. The first-order valence-corrected chi connectivity index (χ1v) is 8.17. The Bertz CT molecular complexity index is 650. The van der Waals surface area contributed by atoms with Crippen LogP contribution in [0.2, 0.25) is 0 Å². The zero-order chi connectivity index (χ0) is 17.9. The number of esters is 1. The molecule has 2 rings (SSSR count). The highest BCUT2D eigenvalue weighted by atomic mass is 16.5. The molecule has 1 N–H and O–H groups in total. The van der Waals surface area contributed by atoms with Gasteiger partial charge in [-0.25, -0.2) is 4.79 Å². The molecule has 1 aliphatic rings. The number of amides is 1. The molecule has 1 aromatic heterocycles. The molecule has 24 heavy (non-hydrogen) atoms. The summed E-state index contributed by atoms with van der Waals surface area (Å²) in [5.41, 5.74) is 1.31. The fourth-order valence-corrected chi connectivity index (χ4v) is 3.25. The van der Waals surface area contributed by atoms with Gasteiger partial charge in [0.2, 0.25) is 5.91 Å². The highest BCUT2D eigenvalue weighted by Crippen LogP contribution is 2.21. The van der Waals surface area contributed by atoms with Gasteiger partial charge in [-0.2, -0.15) is 0 Å². The summed E-state index contributed by atoms with van der Waals surface area (Å²) in [5, 5.41) is 9.36. The molecule has 1 amide bonds. The van der Waals surface area contributed by atoms with Gasteiger partial charge in [-0.1, -0.05) is 0 Å². The SMILES string of the molecule is CCOC(=O)C1CCCN(C(=O)Cc2c(C(=O)O)c(C)cn2C)C1. The smallest absolute Gasteiger partial charge is 0.337 e. The number of carbonyl (C=O) groups is 3. The van der Waals surface area contributed by atoms with E-state index in [4.69, 9.17) is 4.74 Å². The average Bonchev–Trinajstić information content (AvgIpc) is 2.81. The summed E-state index contributed by atoms with van der Waals surface area (Å²) < 4.78 is 6.73. The van der Waals surface area contributed by atoms with Crippen LogP contribution < -0.4 is 0 Å². The van der Waals surface area contributed by atoms with E-state index in [9.17, 15) is 19.5 Å². The Morgan fingerprint density at radius 3 is 2.71 bits per heavy atom. The van der Waals surface area contributed by atoms with Gasteiger partial charge < -0.3 is 19.3 Å². The van der Waals surface area contributed by atoms with E-state index < -0.39 is 5.97 Å². The number of rotatable bonds is 5. The van der Waals surface area contributed by atoms with Crippen LogP contribution in [0.25, 0.3) is 0 Å². The first-order chi connectivity index (χ1) is 11.3. The Morgan fingerprint density at radius 1 is 1.38 bits per heavy atom. The van der Waals surface area contributed by atoms with Crippen molar-refractivity contribution >= 4 is 17.8 Å². The Morgan fingerprint density at radius 2 is 2.08 bits per heavy atom. The van der Waals surface area contributed by atoms with Crippen LogP contribution in [0.4, 0.5) is 0 Å². The molecule has 2 heterocycles. The molecule has 1 saturated heterocycles. The number of carboxylic acid groups (broad SMARTS) is 1.